The highest BCUT2D eigenvalue weighted by Crippen LogP contribution is 2.44. The van der Waals surface area contributed by atoms with E-state index >= 15 is 4.39 Å². The molecule has 1 aliphatic heterocycles. The van der Waals surface area contributed by atoms with Crippen LogP contribution in [-0.2, 0) is 0 Å². The Labute approximate surface area is 200 Å². The Morgan fingerprint density at radius 1 is 1.26 bits per heavy atom. The zero-order chi connectivity index (χ0) is 24.7. The van der Waals surface area contributed by atoms with Crippen molar-refractivity contribution in [3.63, 3.8) is 0 Å². The summed E-state index contributed by atoms with van der Waals surface area (Å²) in [7, 11) is 1.41. The van der Waals surface area contributed by atoms with Gasteiger partial charge in [0.2, 0.25) is 5.43 Å². The Kier molecular flexibility index (Phi) is 5.89. The zero-order valence-electron chi connectivity index (χ0n) is 19.1. The van der Waals surface area contributed by atoms with Crippen molar-refractivity contribution in [2.75, 3.05) is 25.1 Å². The molecule has 1 saturated carbocycles. The van der Waals surface area contributed by atoms with E-state index in [9.17, 15) is 14.7 Å². The van der Waals surface area contributed by atoms with Crippen molar-refractivity contribution in [1.29, 1.82) is 0 Å². The highest BCUT2D eigenvalue weighted by atomic mass is 19.1. The molecular weight excluding hydrogens is 455 g/mol. The average molecular weight is 480 g/mol. The number of para-hydroxylation sites is 1. The molecule has 10 heteroatoms. The number of ether oxygens (including phenoxy) is 1. The van der Waals surface area contributed by atoms with Gasteiger partial charge in [-0.1, -0.05) is 23.4 Å². The third-order valence-corrected chi connectivity index (χ3v) is 6.38. The smallest absolute Gasteiger partial charge is 0.341 e. The van der Waals surface area contributed by atoms with Crippen LogP contribution in [0.2, 0.25) is 0 Å². The molecule has 2 heterocycles. The largest absolute Gasteiger partial charge is 0.492 e. The number of carboxylic acids is 1. The molecule has 2 aliphatic rings. The van der Waals surface area contributed by atoms with Crippen LogP contribution in [0.25, 0.3) is 10.9 Å². The summed E-state index contributed by atoms with van der Waals surface area (Å²) in [6.07, 6.45) is 3.45. The number of rotatable bonds is 6. The molecule has 3 aromatic rings. The summed E-state index contributed by atoms with van der Waals surface area (Å²) < 4.78 is 22.9. The van der Waals surface area contributed by atoms with Crippen molar-refractivity contribution in [1.82, 2.24) is 4.57 Å². The van der Waals surface area contributed by atoms with Gasteiger partial charge in [-0.25, -0.2) is 9.18 Å². The van der Waals surface area contributed by atoms with Crippen LogP contribution in [0, 0.1) is 5.82 Å². The van der Waals surface area contributed by atoms with Crippen LogP contribution >= 0.6 is 0 Å². The number of nitrogens with zero attached hydrogens (tertiary/aromatic N) is 3. The molecule has 2 fully saturated rings. The molecule has 1 atom stereocenters. The standard InChI is InChI=1S/C25H25FN4O5/c1-34-24-21-16(23(31)17(25(32)33)12-30(21)14-7-8-14)11-18(26)22(24)29-10-9-20(19(27)13-29)28-35-15-5-3-2-4-6-15/h2-6,11-12,14,19H,7-10,13,27H2,1H3,(H,32,33)/b28-20-. The van der Waals surface area contributed by atoms with E-state index in [1.54, 1.807) is 21.6 Å². The number of fused-ring (bicyclic) bond motifs is 1. The highest BCUT2D eigenvalue weighted by molar-refractivity contribution is 5.98. The van der Waals surface area contributed by atoms with Crippen LogP contribution in [0.3, 0.4) is 0 Å². The fraction of sp³-hybridized carbons (Fsp3) is 0.320. The maximum atomic E-state index is 15.5. The number of methoxy groups -OCH3 is 1. The molecule has 2 aromatic carbocycles. The zero-order valence-corrected chi connectivity index (χ0v) is 19.1. The van der Waals surface area contributed by atoms with Gasteiger partial charge in [0.15, 0.2) is 17.3 Å². The molecule has 182 valence electrons. The van der Waals surface area contributed by atoms with Gasteiger partial charge in [-0.05, 0) is 31.0 Å². The van der Waals surface area contributed by atoms with Gasteiger partial charge in [0.25, 0.3) is 0 Å². The van der Waals surface area contributed by atoms with E-state index in [2.05, 4.69) is 5.16 Å². The number of hydrogen-bond acceptors (Lipinski definition) is 7. The van der Waals surface area contributed by atoms with Crippen molar-refractivity contribution in [3.8, 4) is 11.5 Å². The van der Waals surface area contributed by atoms with Crippen LogP contribution in [0.5, 0.6) is 11.5 Å². The molecule has 1 aliphatic carbocycles. The second kappa shape index (κ2) is 9.03. The molecular formula is C25H25FN4O5. The number of benzene rings is 2. The summed E-state index contributed by atoms with van der Waals surface area (Å²) in [5.74, 6) is -1.24. The molecule has 0 bridgehead atoms. The Morgan fingerprint density at radius 2 is 2.00 bits per heavy atom. The van der Waals surface area contributed by atoms with Gasteiger partial charge in [-0.15, -0.1) is 0 Å². The summed E-state index contributed by atoms with van der Waals surface area (Å²) in [5, 5.41) is 13.7. The van der Waals surface area contributed by atoms with E-state index in [0.29, 0.717) is 29.9 Å². The lowest BCUT2D eigenvalue weighted by atomic mass is 10.0. The number of carbonyl (C=O) groups is 1. The monoisotopic (exact) mass is 480 g/mol. The number of anilines is 1. The van der Waals surface area contributed by atoms with Crippen molar-refractivity contribution < 1.29 is 23.9 Å². The van der Waals surface area contributed by atoms with Crippen molar-refractivity contribution in [2.24, 2.45) is 10.9 Å². The van der Waals surface area contributed by atoms with Crippen LogP contribution in [0.1, 0.15) is 35.7 Å². The van der Waals surface area contributed by atoms with Crippen molar-refractivity contribution >= 4 is 28.3 Å². The fourth-order valence-corrected chi connectivity index (χ4v) is 4.50. The molecule has 0 spiro atoms. The number of oxime groups is 1. The van der Waals surface area contributed by atoms with Gasteiger partial charge in [0.05, 0.1) is 29.8 Å². The number of aromatic carboxylic acids is 1. The molecule has 1 unspecified atom stereocenters. The van der Waals surface area contributed by atoms with Gasteiger partial charge in [-0.2, -0.15) is 0 Å². The predicted octanol–water partition coefficient (Wildman–Crippen LogP) is 3.15. The number of pyridine rings is 1. The minimum atomic E-state index is -1.35. The lowest BCUT2D eigenvalue weighted by molar-refractivity contribution is 0.0694. The summed E-state index contributed by atoms with van der Waals surface area (Å²) in [5.41, 5.74) is 6.46. The van der Waals surface area contributed by atoms with Gasteiger partial charge < -0.3 is 29.9 Å². The first kappa shape index (κ1) is 22.9. The third kappa shape index (κ3) is 4.21. The van der Waals surface area contributed by atoms with Crippen LogP contribution in [0.4, 0.5) is 10.1 Å². The predicted molar refractivity (Wildman–Crippen MR) is 129 cm³/mol. The Bertz CT molecular complexity index is 1380. The Balaban J connectivity index is 1.53. The first-order valence-corrected chi connectivity index (χ1v) is 11.4. The summed E-state index contributed by atoms with van der Waals surface area (Å²) >= 11 is 0. The molecule has 9 nitrogen and oxygen atoms in total. The maximum Gasteiger partial charge on any atom is 0.341 e. The van der Waals surface area contributed by atoms with Gasteiger partial charge in [-0.3, -0.25) is 4.79 Å². The van der Waals surface area contributed by atoms with Crippen LogP contribution in [-0.4, -0.2) is 47.6 Å². The molecule has 35 heavy (non-hydrogen) atoms. The van der Waals surface area contributed by atoms with E-state index in [4.69, 9.17) is 15.3 Å². The Morgan fingerprint density at radius 3 is 2.63 bits per heavy atom. The normalized spacial score (nSPS) is 19.2. The van der Waals surface area contributed by atoms with E-state index in [-0.39, 0.29) is 29.4 Å². The first-order chi connectivity index (χ1) is 16.9. The van der Waals surface area contributed by atoms with Crippen molar-refractivity contribution in [2.45, 2.75) is 31.3 Å². The molecule has 0 radical (unpaired) electrons. The SMILES string of the molecule is COc1c(N2CC/C(=N/Oc3ccccc3)C(N)C2)c(F)cc2c(=O)c(C(=O)O)cn(C3CC3)c12. The van der Waals surface area contributed by atoms with Crippen LogP contribution in [0.15, 0.2) is 52.5 Å². The number of piperidine rings is 1. The molecule has 3 N–H and O–H groups in total. The van der Waals surface area contributed by atoms with E-state index in [0.717, 1.165) is 18.9 Å². The number of hydrogen-bond donors (Lipinski definition) is 2. The first-order valence-electron chi connectivity index (χ1n) is 11.4. The maximum absolute atomic E-state index is 15.5. The molecule has 5 rings (SSSR count). The van der Waals surface area contributed by atoms with E-state index in [1.807, 2.05) is 18.2 Å². The van der Waals surface area contributed by atoms with Crippen LogP contribution < -0.4 is 25.6 Å². The second-order valence-corrected chi connectivity index (χ2v) is 8.74. The second-order valence-electron chi connectivity index (χ2n) is 8.74. The lowest BCUT2D eigenvalue weighted by Crippen LogP contribution is -2.49. The minimum absolute atomic E-state index is 0.0188. The van der Waals surface area contributed by atoms with Gasteiger partial charge in [0.1, 0.15) is 11.3 Å². The fourth-order valence-electron chi connectivity index (χ4n) is 4.50. The Hall–Kier alpha value is -3.92. The minimum Gasteiger partial charge on any atom is -0.492 e. The highest BCUT2D eigenvalue weighted by Gasteiger charge is 2.33. The van der Waals surface area contributed by atoms with E-state index in [1.165, 1.54) is 13.3 Å². The average Bonchev–Trinajstić information content (AvgIpc) is 3.69. The number of nitrogens with two attached hydrogens (primary N) is 1. The number of carboxylic acid groups (broad SMARTS) is 1. The van der Waals surface area contributed by atoms with E-state index < -0.39 is 28.8 Å². The van der Waals surface area contributed by atoms with Gasteiger partial charge >= 0.3 is 5.97 Å². The molecule has 0 amide bonds. The topological polar surface area (TPSA) is 119 Å². The summed E-state index contributed by atoms with van der Waals surface area (Å²) in [6.45, 7) is 0.668. The summed E-state index contributed by atoms with van der Waals surface area (Å²) in [4.78, 5) is 31.8. The van der Waals surface area contributed by atoms with Crippen molar-refractivity contribution in [3.05, 3.63) is 64.2 Å². The molecule has 1 saturated heterocycles. The number of aromatic nitrogens is 1. The lowest BCUT2D eigenvalue weighted by Gasteiger charge is -2.34. The quantitative estimate of drug-likeness (QED) is 0.520. The number of halogens is 1. The summed E-state index contributed by atoms with van der Waals surface area (Å²) in [6, 6.07) is 9.76. The molecule has 1 aromatic heterocycles. The third-order valence-electron chi connectivity index (χ3n) is 6.38. The van der Waals surface area contributed by atoms with Gasteiger partial charge in [0, 0.05) is 31.7 Å².